The van der Waals surface area contributed by atoms with Crippen molar-refractivity contribution in [1.82, 2.24) is 5.32 Å². The fourth-order valence-corrected chi connectivity index (χ4v) is 4.38. The van der Waals surface area contributed by atoms with Gasteiger partial charge in [-0.15, -0.1) is 11.3 Å². The van der Waals surface area contributed by atoms with Crippen molar-refractivity contribution in [3.8, 4) is 0 Å². The lowest BCUT2D eigenvalue weighted by Crippen LogP contribution is -3.11. The highest BCUT2D eigenvalue weighted by atomic mass is 32.1. The quantitative estimate of drug-likeness (QED) is 0.532. The van der Waals surface area contributed by atoms with Gasteiger partial charge in [0, 0.05) is 10.9 Å². The minimum absolute atomic E-state index is 0.0738. The summed E-state index contributed by atoms with van der Waals surface area (Å²) < 4.78 is 0. The number of rotatable bonds is 7. The molecule has 0 aliphatic heterocycles. The number of likely N-dealkylation sites (N-methyl/N-ethyl adjacent to an activating group) is 1. The molecule has 1 unspecified atom stereocenters. The van der Waals surface area contributed by atoms with E-state index >= 15 is 0 Å². The molecule has 0 spiro atoms. The molecule has 1 aliphatic carbocycles. The summed E-state index contributed by atoms with van der Waals surface area (Å²) >= 11 is 1.45. The number of thiophene rings is 1. The first-order valence-electron chi connectivity index (χ1n) is 8.62. The van der Waals surface area contributed by atoms with Gasteiger partial charge in [0.2, 0.25) is 0 Å². The zero-order valence-electron chi connectivity index (χ0n) is 15.0. The van der Waals surface area contributed by atoms with Crippen molar-refractivity contribution < 1.29 is 19.3 Å². The minimum Gasteiger partial charge on any atom is -0.365 e. The average molecular weight is 367 g/mol. The number of carbonyl (C=O) groups excluding carboxylic acids is 3. The van der Waals surface area contributed by atoms with Crippen LogP contribution in [0.5, 0.6) is 0 Å². The van der Waals surface area contributed by atoms with Gasteiger partial charge in [0.05, 0.1) is 12.6 Å². The van der Waals surface area contributed by atoms with Gasteiger partial charge in [0.1, 0.15) is 5.00 Å². The molecule has 8 heteroatoms. The van der Waals surface area contributed by atoms with Crippen LogP contribution >= 0.6 is 11.3 Å². The number of anilines is 1. The highest BCUT2D eigenvalue weighted by Crippen LogP contribution is 2.37. The van der Waals surface area contributed by atoms with Gasteiger partial charge in [-0.2, -0.15) is 0 Å². The molecule has 1 aromatic heterocycles. The van der Waals surface area contributed by atoms with E-state index in [1.807, 2.05) is 13.8 Å². The van der Waals surface area contributed by atoms with E-state index in [1.54, 1.807) is 7.05 Å². The third-order valence-electron chi connectivity index (χ3n) is 4.04. The van der Waals surface area contributed by atoms with Gasteiger partial charge >= 0.3 is 0 Å². The average Bonchev–Trinajstić information content (AvgIpc) is 2.83. The first-order chi connectivity index (χ1) is 11.8. The molecule has 1 atom stereocenters. The molecule has 0 saturated carbocycles. The third-order valence-corrected chi connectivity index (χ3v) is 5.25. The Morgan fingerprint density at radius 2 is 1.80 bits per heavy atom. The Bertz CT molecular complexity index is 669. The summed E-state index contributed by atoms with van der Waals surface area (Å²) in [6, 6.07) is 0.0738. The predicted octanol–water partition coefficient (Wildman–Crippen LogP) is -0.296. The van der Waals surface area contributed by atoms with E-state index in [9.17, 15) is 14.4 Å². The lowest BCUT2D eigenvalue weighted by molar-refractivity contribution is -0.862. The summed E-state index contributed by atoms with van der Waals surface area (Å²) in [4.78, 5) is 37.8. The molecule has 2 rings (SSSR count). The molecule has 0 fully saturated rings. The zero-order chi connectivity index (χ0) is 18.6. The fourth-order valence-electron chi connectivity index (χ4n) is 3.07. The summed E-state index contributed by atoms with van der Waals surface area (Å²) in [5.74, 6) is -0.813. The van der Waals surface area contributed by atoms with Crippen molar-refractivity contribution in [3.05, 3.63) is 16.0 Å². The van der Waals surface area contributed by atoms with Gasteiger partial charge in [-0.05, 0) is 45.1 Å². The number of fused-ring (bicyclic) bond motifs is 1. The van der Waals surface area contributed by atoms with Crippen LogP contribution in [0.15, 0.2) is 0 Å². The Labute approximate surface area is 151 Å². The lowest BCUT2D eigenvalue weighted by Gasteiger charge is -2.15. The maximum Gasteiger partial charge on any atom is 0.280 e. The number of carbonyl (C=O) groups is 3. The Hall–Kier alpha value is -1.93. The van der Waals surface area contributed by atoms with E-state index in [0.717, 1.165) is 41.0 Å². The molecule has 0 aromatic carbocycles. The molecular formula is C17H27N4O3S+. The van der Waals surface area contributed by atoms with Gasteiger partial charge in [-0.1, -0.05) is 0 Å². The molecule has 7 nitrogen and oxygen atoms in total. The summed E-state index contributed by atoms with van der Waals surface area (Å²) in [6.45, 7) is 4.15. The maximum absolute atomic E-state index is 12.3. The molecule has 0 bridgehead atoms. The largest absolute Gasteiger partial charge is 0.365 e. The van der Waals surface area contributed by atoms with Crippen LogP contribution in [0.25, 0.3) is 0 Å². The van der Waals surface area contributed by atoms with E-state index in [1.165, 1.54) is 11.3 Å². The van der Waals surface area contributed by atoms with E-state index in [-0.39, 0.29) is 30.9 Å². The van der Waals surface area contributed by atoms with Crippen molar-refractivity contribution in [1.29, 1.82) is 0 Å². The number of hydrogen-bond acceptors (Lipinski definition) is 4. The number of primary amides is 1. The maximum atomic E-state index is 12.3. The Balaban J connectivity index is 2.00. The molecule has 0 radical (unpaired) electrons. The van der Waals surface area contributed by atoms with Gasteiger partial charge in [-0.3, -0.25) is 14.4 Å². The first kappa shape index (κ1) is 19.4. The molecule has 25 heavy (non-hydrogen) atoms. The lowest BCUT2D eigenvalue weighted by atomic mass is 9.95. The van der Waals surface area contributed by atoms with Crippen molar-refractivity contribution in [2.75, 3.05) is 25.5 Å². The number of quaternary nitrogens is 1. The molecule has 3 amide bonds. The smallest absolute Gasteiger partial charge is 0.280 e. The second-order valence-corrected chi connectivity index (χ2v) is 7.97. The zero-order valence-corrected chi connectivity index (χ0v) is 15.8. The monoisotopic (exact) mass is 367 g/mol. The predicted molar refractivity (Wildman–Crippen MR) is 98.0 cm³/mol. The van der Waals surface area contributed by atoms with Crippen LogP contribution in [0.2, 0.25) is 0 Å². The van der Waals surface area contributed by atoms with Crippen LogP contribution in [0.4, 0.5) is 5.00 Å². The first-order valence-corrected chi connectivity index (χ1v) is 9.44. The van der Waals surface area contributed by atoms with Crippen LogP contribution in [0.3, 0.4) is 0 Å². The summed E-state index contributed by atoms with van der Waals surface area (Å²) in [5, 5.41) is 6.17. The summed E-state index contributed by atoms with van der Waals surface area (Å²) in [6.07, 6.45) is 3.89. The summed E-state index contributed by atoms with van der Waals surface area (Å²) in [5.41, 5.74) is 6.99. The second-order valence-electron chi connectivity index (χ2n) is 6.86. The summed E-state index contributed by atoms with van der Waals surface area (Å²) in [7, 11) is 1.79. The van der Waals surface area contributed by atoms with Crippen molar-refractivity contribution in [2.45, 2.75) is 45.6 Å². The van der Waals surface area contributed by atoms with Crippen LogP contribution in [0, 0.1) is 0 Å². The van der Waals surface area contributed by atoms with Crippen molar-refractivity contribution in [3.63, 3.8) is 0 Å². The van der Waals surface area contributed by atoms with Crippen LogP contribution in [-0.2, 0) is 22.4 Å². The van der Waals surface area contributed by atoms with Crippen LogP contribution < -0.4 is 21.3 Å². The number of nitrogens with two attached hydrogens (primary N) is 1. The standard InChI is InChI=1S/C17H26N4O3S/c1-10(2)19-13(22)8-21(3)9-14(23)20-17-15(16(18)24)11-6-4-5-7-12(11)25-17/h10H,4-9H2,1-3H3,(H2,18,24)(H,19,22)(H,20,23)/p+1. The highest BCUT2D eigenvalue weighted by Gasteiger charge is 2.25. The Morgan fingerprint density at radius 3 is 2.44 bits per heavy atom. The minimum atomic E-state index is -0.494. The highest BCUT2D eigenvalue weighted by molar-refractivity contribution is 7.17. The number of nitrogens with one attached hydrogen (secondary N) is 3. The number of hydrogen-bond donors (Lipinski definition) is 4. The third kappa shape index (κ3) is 5.27. The SMILES string of the molecule is CC(C)NC(=O)C[NH+](C)CC(=O)Nc1sc2c(c1C(N)=O)CCCC2. The number of amides is 3. The van der Waals surface area contributed by atoms with E-state index in [2.05, 4.69) is 10.6 Å². The second kappa shape index (κ2) is 8.44. The molecule has 138 valence electrons. The van der Waals surface area contributed by atoms with Gasteiger partial charge < -0.3 is 21.3 Å². The van der Waals surface area contributed by atoms with Gasteiger partial charge in [0.15, 0.2) is 13.1 Å². The van der Waals surface area contributed by atoms with Crippen molar-refractivity contribution in [2.24, 2.45) is 5.73 Å². The molecular weight excluding hydrogens is 340 g/mol. The van der Waals surface area contributed by atoms with E-state index in [4.69, 9.17) is 5.73 Å². The topological polar surface area (TPSA) is 106 Å². The molecule has 1 aliphatic rings. The van der Waals surface area contributed by atoms with Crippen molar-refractivity contribution >= 4 is 34.1 Å². The molecule has 5 N–H and O–H groups in total. The Kier molecular flexibility index (Phi) is 6.55. The van der Waals surface area contributed by atoms with E-state index in [0.29, 0.717) is 10.6 Å². The molecule has 0 saturated heterocycles. The van der Waals surface area contributed by atoms with Crippen LogP contribution in [0.1, 0.15) is 47.5 Å². The molecule has 1 heterocycles. The Morgan fingerprint density at radius 1 is 1.16 bits per heavy atom. The van der Waals surface area contributed by atoms with Gasteiger partial charge in [-0.25, -0.2) is 0 Å². The van der Waals surface area contributed by atoms with Crippen LogP contribution in [-0.4, -0.2) is 43.9 Å². The fraction of sp³-hybridized carbons (Fsp3) is 0.588. The van der Waals surface area contributed by atoms with E-state index < -0.39 is 5.91 Å². The normalized spacial score (nSPS) is 14.7. The van der Waals surface area contributed by atoms with Gasteiger partial charge in [0.25, 0.3) is 17.7 Å². The number of aryl methyl sites for hydroxylation is 1. The molecule has 1 aromatic rings.